The van der Waals surface area contributed by atoms with E-state index in [1.807, 2.05) is 0 Å². The van der Waals surface area contributed by atoms with Crippen LogP contribution in [0.15, 0.2) is 18.2 Å². The highest BCUT2D eigenvalue weighted by Gasteiger charge is 2.25. The minimum Gasteiger partial charge on any atom is -0.330 e. The van der Waals surface area contributed by atoms with Crippen LogP contribution >= 0.6 is 0 Å². The Hall–Kier alpha value is -2.06. The maximum Gasteiger partial charge on any atom is 0.280 e. The van der Waals surface area contributed by atoms with Crippen LogP contribution in [0, 0.1) is 26.1 Å². The molecule has 1 aromatic rings. The van der Waals surface area contributed by atoms with Crippen LogP contribution in [-0.4, -0.2) is 34.4 Å². The SMILES string of the molecule is NCC1CCN(Cc2ccc([N+](=O)[O-])cc2[N+](=O)[O-])C1. The van der Waals surface area contributed by atoms with Gasteiger partial charge in [0.15, 0.2) is 0 Å². The fourth-order valence-electron chi connectivity index (χ4n) is 2.46. The number of likely N-dealkylation sites (tertiary alicyclic amines) is 1. The summed E-state index contributed by atoms with van der Waals surface area (Å²) in [5.41, 5.74) is 5.65. The molecule has 2 rings (SSSR count). The average molecular weight is 280 g/mol. The summed E-state index contributed by atoms with van der Waals surface area (Å²) in [6.45, 7) is 2.68. The molecule has 0 spiro atoms. The van der Waals surface area contributed by atoms with Crippen molar-refractivity contribution in [2.45, 2.75) is 13.0 Å². The van der Waals surface area contributed by atoms with Gasteiger partial charge in [-0.2, -0.15) is 0 Å². The zero-order valence-electron chi connectivity index (χ0n) is 10.9. The molecular formula is C12H16N4O4. The normalized spacial score (nSPS) is 19.1. The Bertz CT molecular complexity index is 534. The van der Waals surface area contributed by atoms with Crippen LogP contribution in [0.5, 0.6) is 0 Å². The number of rotatable bonds is 5. The standard InChI is InChI=1S/C12H16N4O4/c13-6-9-3-4-14(7-9)8-10-1-2-11(15(17)18)5-12(10)16(19)20/h1-2,5,9H,3-4,6-8,13H2. The Morgan fingerprint density at radius 3 is 2.60 bits per heavy atom. The average Bonchev–Trinajstić information content (AvgIpc) is 2.86. The van der Waals surface area contributed by atoms with E-state index >= 15 is 0 Å². The Labute approximate surface area is 115 Å². The third kappa shape index (κ3) is 3.09. The number of hydrogen-bond acceptors (Lipinski definition) is 6. The van der Waals surface area contributed by atoms with Gasteiger partial charge in [0.25, 0.3) is 11.4 Å². The molecule has 1 aliphatic heterocycles. The fourth-order valence-corrected chi connectivity index (χ4v) is 2.46. The number of nitrogens with zero attached hydrogens (tertiary/aromatic N) is 3. The zero-order chi connectivity index (χ0) is 14.7. The third-order valence-corrected chi connectivity index (χ3v) is 3.57. The van der Waals surface area contributed by atoms with Crippen LogP contribution in [0.3, 0.4) is 0 Å². The number of nitro benzene ring substituents is 2. The molecule has 0 radical (unpaired) electrons. The molecule has 0 amide bonds. The first kappa shape index (κ1) is 14.4. The number of nitrogens with two attached hydrogens (primary N) is 1. The van der Waals surface area contributed by atoms with Gasteiger partial charge in [-0.1, -0.05) is 0 Å². The Morgan fingerprint density at radius 1 is 1.30 bits per heavy atom. The summed E-state index contributed by atoms with van der Waals surface area (Å²) in [6, 6.07) is 3.79. The molecule has 1 heterocycles. The van der Waals surface area contributed by atoms with Crippen molar-refractivity contribution >= 4 is 11.4 Å². The van der Waals surface area contributed by atoms with Crippen molar-refractivity contribution < 1.29 is 9.85 Å². The van der Waals surface area contributed by atoms with Crippen molar-refractivity contribution in [2.75, 3.05) is 19.6 Å². The largest absolute Gasteiger partial charge is 0.330 e. The summed E-state index contributed by atoms with van der Waals surface area (Å²) < 4.78 is 0. The lowest BCUT2D eigenvalue weighted by molar-refractivity contribution is -0.394. The van der Waals surface area contributed by atoms with E-state index in [-0.39, 0.29) is 11.4 Å². The maximum absolute atomic E-state index is 11.0. The van der Waals surface area contributed by atoms with Crippen LogP contribution in [0.4, 0.5) is 11.4 Å². The van der Waals surface area contributed by atoms with Gasteiger partial charge < -0.3 is 5.73 Å². The van der Waals surface area contributed by atoms with Gasteiger partial charge in [-0.25, -0.2) is 0 Å². The highest BCUT2D eigenvalue weighted by atomic mass is 16.6. The topological polar surface area (TPSA) is 116 Å². The minimum absolute atomic E-state index is 0.199. The maximum atomic E-state index is 11.0. The number of nitro groups is 2. The monoisotopic (exact) mass is 280 g/mol. The molecular weight excluding hydrogens is 264 g/mol. The lowest BCUT2D eigenvalue weighted by Crippen LogP contribution is -2.23. The molecule has 0 bridgehead atoms. The van der Waals surface area contributed by atoms with Gasteiger partial charge in [-0.15, -0.1) is 0 Å². The van der Waals surface area contributed by atoms with Gasteiger partial charge in [0.05, 0.1) is 15.9 Å². The van der Waals surface area contributed by atoms with Crippen molar-refractivity contribution in [2.24, 2.45) is 11.7 Å². The zero-order valence-corrected chi connectivity index (χ0v) is 10.9. The highest BCUT2D eigenvalue weighted by Crippen LogP contribution is 2.27. The van der Waals surface area contributed by atoms with E-state index in [1.54, 1.807) is 0 Å². The van der Waals surface area contributed by atoms with Crippen LogP contribution in [-0.2, 0) is 6.54 Å². The van der Waals surface area contributed by atoms with Gasteiger partial charge in [-0.05, 0) is 31.5 Å². The van der Waals surface area contributed by atoms with Gasteiger partial charge >= 0.3 is 0 Å². The van der Waals surface area contributed by atoms with Crippen molar-refractivity contribution in [3.05, 3.63) is 44.0 Å². The number of hydrogen-bond donors (Lipinski definition) is 1. The predicted molar refractivity (Wildman–Crippen MR) is 72.2 cm³/mol. The van der Waals surface area contributed by atoms with Crippen LogP contribution in [0.2, 0.25) is 0 Å². The Balaban J connectivity index is 2.19. The summed E-state index contributed by atoms with van der Waals surface area (Å²) in [5.74, 6) is 0.423. The fraction of sp³-hybridized carbons (Fsp3) is 0.500. The lowest BCUT2D eigenvalue weighted by Gasteiger charge is -2.15. The molecule has 20 heavy (non-hydrogen) atoms. The molecule has 1 fully saturated rings. The molecule has 1 aromatic carbocycles. The molecule has 8 nitrogen and oxygen atoms in total. The highest BCUT2D eigenvalue weighted by molar-refractivity contribution is 5.49. The van der Waals surface area contributed by atoms with Crippen LogP contribution in [0.1, 0.15) is 12.0 Å². The van der Waals surface area contributed by atoms with Crippen molar-refractivity contribution in [3.63, 3.8) is 0 Å². The third-order valence-electron chi connectivity index (χ3n) is 3.57. The lowest BCUT2D eigenvalue weighted by atomic mass is 10.1. The molecule has 1 unspecified atom stereocenters. The summed E-state index contributed by atoms with van der Waals surface area (Å²) in [6.07, 6.45) is 0.983. The van der Waals surface area contributed by atoms with E-state index in [0.717, 1.165) is 25.6 Å². The molecule has 0 aromatic heterocycles. The Morgan fingerprint density at radius 2 is 2.05 bits per heavy atom. The van der Waals surface area contributed by atoms with Gasteiger partial charge in [0, 0.05) is 24.7 Å². The molecule has 1 aliphatic rings. The second-order valence-electron chi connectivity index (χ2n) is 4.95. The molecule has 0 saturated carbocycles. The molecule has 0 aliphatic carbocycles. The number of non-ortho nitro benzene ring substituents is 1. The molecule has 1 atom stereocenters. The quantitative estimate of drug-likeness (QED) is 0.641. The van der Waals surface area contributed by atoms with E-state index in [1.165, 1.54) is 12.1 Å². The first-order valence-electron chi connectivity index (χ1n) is 6.35. The first-order valence-corrected chi connectivity index (χ1v) is 6.35. The first-order chi connectivity index (χ1) is 9.51. The second kappa shape index (κ2) is 5.93. The minimum atomic E-state index is -0.628. The summed E-state index contributed by atoms with van der Waals surface area (Å²) in [4.78, 5) is 22.6. The van der Waals surface area contributed by atoms with E-state index in [0.29, 0.717) is 24.6 Å². The molecule has 1 saturated heterocycles. The predicted octanol–water partition coefficient (Wildman–Crippen LogP) is 1.28. The van der Waals surface area contributed by atoms with Crippen molar-refractivity contribution in [1.29, 1.82) is 0 Å². The van der Waals surface area contributed by atoms with E-state index < -0.39 is 9.85 Å². The molecule has 2 N–H and O–H groups in total. The molecule has 108 valence electrons. The van der Waals surface area contributed by atoms with Crippen LogP contribution in [0.25, 0.3) is 0 Å². The second-order valence-corrected chi connectivity index (χ2v) is 4.95. The molecule has 8 heteroatoms. The smallest absolute Gasteiger partial charge is 0.280 e. The summed E-state index contributed by atoms with van der Waals surface area (Å²) >= 11 is 0. The van der Waals surface area contributed by atoms with Gasteiger partial charge in [-0.3, -0.25) is 25.1 Å². The van der Waals surface area contributed by atoms with E-state index in [2.05, 4.69) is 4.90 Å². The van der Waals surface area contributed by atoms with Gasteiger partial charge in [0.2, 0.25) is 0 Å². The van der Waals surface area contributed by atoms with Crippen molar-refractivity contribution in [1.82, 2.24) is 4.90 Å². The number of benzene rings is 1. The van der Waals surface area contributed by atoms with Crippen molar-refractivity contribution in [3.8, 4) is 0 Å². The Kier molecular flexibility index (Phi) is 4.26. The summed E-state index contributed by atoms with van der Waals surface area (Å²) in [5, 5.41) is 21.7. The van der Waals surface area contributed by atoms with Gasteiger partial charge in [0.1, 0.15) is 0 Å². The van der Waals surface area contributed by atoms with E-state index in [4.69, 9.17) is 5.73 Å². The summed E-state index contributed by atoms with van der Waals surface area (Å²) in [7, 11) is 0. The van der Waals surface area contributed by atoms with E-state index in [9.17, 15) is 20.2 Å². The van der Waals surface area contributed by atoms with Crippen LogP contribution < -0.4 is 5.73 Å².